The predicted molar refractivity (Wildman–Crippen MR) is 79.0 cm³/mol. The maximum absolute atomic E-state index is 10.3. The van der Waals surface area contributed by atoms with Crippen molar-refractivity contribution in [1.29, 1.82) is 0 Å². The van der Waals surface area contributed by atoms with Gasteiger partial charge in [-0.1, -0.05) is 24.3 Å². The number of aliphatic hydroxyl groups excluding tert-OH is 1. The van der Waals surface area contributed by atoms with E-state index in [9.17, 15) is 5.11 Å². The van der Waals surface area contributed by atoms with Crippen LogP contribution in [0.25, 0.3) is 17.0 Å². The Hall–Kier alpha value is -2.00. The lowest BCUT2D eigenvalue weighted by Gasteiger charge is -2.10. The summed E-state index contributed by atoms with van der Waals surface area (Å²) in [6, 6.07) is 6.07. The van der Waals surface area contributed by atoms with Gasteiger partial charge in [-0.05, 0) is 31.6 Å². The lowest BCUT2D eigenvalue weighted by Crippen LogP contribution is -2.08. The van der Waals surface area contributed by atoms with Crippen LogP contribution in [0.4, 0.5) is 0 Å². The Bertz CT molecular complexity index is 625. The van der Waals surface area contributed by atoms with Crippen LogP contribution in [-0.4, -0.2) is 16.9 Å². The molecule has 1 unspecified atom stereocenters. The van der Waals surface area contributed by atoms with E-state index in [1.54, 1.807) is 24.0 Å². The Balaban J connectivity index is 2.81. The third kappa shape index (κ3) is 2.17. The summed E-state index contributed by atoms with van der Waals surface area (Å²) in [6.45, 7) is 9.53. The van der Waals surface area contributed by atoms with Crippen LogP contribution in [-0.2, 0) is 0 Å². The summed E-state index contributed by atoms with van der Waals surface area (Å²) in [4.78, 5) is 5.41. The highest BCUT2D eigenvalue weighted by Gasteiger charge is 2.21. The average Bonchev–Trinajstić information content (AvgIpc) is 2.71. The monoisotopic (exact) mass is 257 g/mol. The molecule has 0 saturated carbocycles. The first kappa shape index (κ1) is 13.4. The van der Waals surface area contributed by atoms with Crippen molar-refractivity contribution in [3.05, 3.63) is 54.3 Å². The largest absolute Gasteiger partial charge is 0.417 e. The highest BCUT2D eigenvalue weighted by molar-refractivity contribution is 5.88. The number of nitrogens with zero attached hydrogens (tertiary/aromatic N) is 1. The van der Waals surface area contributed by atoms with Crippen LogP contribution >= 0.6 is 0 Å². The molecule has 3 nitrogen and oxygen atoms in total. The summed E-state index contributed by atoms with van der Waals surface area (Å²) in [5, 5.41) is 11.3. The quantitative estimate of drug-likeness (QED) is 0.834. The minimum atomic E-state index is -0.605. The van der Waals surface area contributed by atoms with Crippen molar-refractivity contribution >= 4 is 17.0 Å². The van der Waals surface area contributed by atoms with Crippen LogP contribution in [0.5, 0.6) is 0 Å². The van der Waals surface area contributed by atoms with Crippen LogP contribution in [0, 0.1) is 6.92 Å². The Morgan fingerprint density at radius 1 is 1.42 bits per heavy atom. The number of rotatable bonds is 5. The molecule has 1 aromatic heterocycles. The standard InChI is InChI=1S/C16H19NO2/c1-5-7-15(18)16-12-10-11(3)8-9-14(12)17(19-4)13(16)6-2/h5-6,8-10,15,18H,1-2,7H2,3-4H3. The third-order valence-corrected chi connectivity index (χ3v) is 3.25. The fourth-order valence-corrected chi connectivity index (χ4v) is 2.44. The highest BCUT2D eigenvalue weighted by Crippen LogP contribution is 2.33. The second kappa shape index (κ2) is 5.33. The molecule has 1 heterocycles. The molecule has 0 aliphatic heterocycles. The normalized spacial score (nSPS) is 12.4. The molecule has 0 spiro atoms. The second-order valence-corrected chi connectivity index (χ2v) is 4.54. The first-order valence-corrected chi connectivity index (χ1v) is 6.24. The van der Waals surface area contributed by atoms with Gasteiger partial charge in [0, 0.05) is 10.9 Å². The van der Waals surface area contributed by atoms with Gasteiger partial charge >= 0.3 is 0 Å². The van der Waals surface area contributed by atoms with Crippen LogP contribution in [0.2, 0.25) is 0 Å². The van der Waals surface area contributed by atoms with E-state index in [1.807, 2.05) is 19.1 Å². The zero-order valence-electron chi connectivity index (χ0n) is 11.4. The van der Waals surface area contributed by atoms with Gasteiger partial charge in [0.05, 0.1) is 17.3 Å². The van der Waals surface area contributed by atoms with Crippen molar-refractivity contribution in [3.63, 3.8) is 0 Å². The van der Waals surface area contributed by atoms with Gasteiger partial charge < -0.3 is 9.94 Å². The number of fused-ring (bicyclic) bond motifs is 1. The van der Waals surface area contributed by atoms with Gasteiger partial charge in [-0.25, -0.2) is 0 Å². The molecule has 0 aliphatic carbocycles. The number of aliphatic hydroxyl groups is 1. The summed E-state index contributed by atoms with van der Waals surface area (Å²) < 4.78 is 1.70. The number of hydrogen-bond donors (Lipinski definition) is 1. The molecule has 0 saturated heterocycles. The Kier molecular flexibility index (Phi) is 3.76. The maximum Gasteiger partial charge on any atom is 0.104 e. The third-order valence-electron chi connectivity index (χ3n) is 3.25. The van der Waals surface area contributed by atoms with E-state index in [0.29, 0.717) is 6.42 Å². The van der Waals surface area contributed by atoms with Crippen LogP contribution in [0.15, 0.2) is 37.4 Å². The summed E-state index contributed by atoms with van der Waals surface area (Å²) in [5.74, 6) is 0. The highest BCUT2D eigenvalue weighted by atomic mass is 16.6. The molecule has 0 radical (unpaired) electrons. The minimum absolute atomic E-state index is 0.498. The molecular formula is C16H19NO2. The van der Waals surface area contributed by atoms with Crippen molar-refractivity contribution in [2.75, 3.05) is 7.11 Å². The smallest absolute Gasteiger partial charge is 0.104 e. The molecule has 0 fully saturated rings. The van der Waals surface area contributed by atoms with Crippen molar-refractivity contribution in [2.24, 2.45) is 0 Å². The lowest BCUT2D eigenvalue weighted by molar-refractivity contribution is 0.165. The Morgan fingerprint density at radius 3 is 2.74 bits per heavy atom. The number of hydrogen-bond acceptors (Lipinski definition) is 2. The molecule has 2 rings (SSSR count). The van der Waals surface area contributed by atoms with Crippen LogP contribution < -0.4 is 4.84 Å². The van der Waals surface area contributed by atoms with E-state index in [1.165, 1.54) is 0 Å². The van der Waals surface area contributed by atoms with Crippen molar-refractivity contribution in [2.45, 2.75) is 19.4 Å². The van der Waals surface area contributed by atoms with Gasteiger partial charge in [0.25, 0.3) is 0 Å². The molecule has 0 bridgehead atoms. The lowest BCUT2D eigenvalue weighted by atomic mass is 10.0. The van der Waals surface area contributed by atoms with Crippen LogP contribution in [0.1, 0.15) is 29.3 Å². The minimum Gasteiger partial charge on any atom is -0.417 e. The summed E-state index contributed by atoms with van der Waals surface area (Å²) in [7, 11) is 1.61. The summed E-state index contributed by atoms with van der Waals surface area (Å²) in [5.41, 5.74) is 3.71. The molecule has 19 heavy (non-hydrogen) atoms. The second-order valence-electron chi connectivity index (χ2n) is 4.54. The maximum atomic E-state index is 10.3. The van der Waals surface area contributed by atoms with Gasteiger partial charge in [0.15, 0.2) is 0 Å². The van der Waals surface area contributed by atoms with Gasteiger partial charge in [-0.15, -0.1) is 6.58 Å². The molecule has 1 N–H and O–H groups in total. The van der Waals surface area contributed by atoms with E-state index in [2.05, 4.69) is 19.2 Å². The average molecular weight is 257 g/mol. The topological polar surface area (TPSA) is 34.4 Å². The fourth-order valence-electron chi connectivity index (χ4n) is 2.44. The summed E-state index contributed by atoms with van der Waals surface area (Å²) >= 11 is 0. The van der Waals surface area contributed by atoms with Gasteiger partial charge in [-0.2, -0.15) is 4.73 Å². The molecule has 1 aromatic carbocycles. The van der Waals surface area contributed by atoms with E-state index >= 15 is 0 Å². The summed E-state index contributed by atoms with van der Waals surface area (Å²) in [6.07, 6.45) is 3.31. The Labute approximate surface area is 113 Å². The molecule has 0 aliphatic rings. The van der Waals surface area contributed by atoms with Crippen molar-refractivity contribution in [3.8, 4) is 0 Å². The van der Waals surface area contributed by atoms with E-state index in [0.717, 1.165) is 27.7 Å². The van der Waals surface area contributed by atoms with E-state index in [-0.39, 0.29) is 0 Å². The number of benzene rings is 1. The molecule has 100 valence electrons. The fraction of sp³-hybridized carbons (Fsp3) is 0.250. The van der Waals surface area contributed by atoms with Crippen molar-refractivity contribution < 1.29 is 9.94 Å². The first-order chi connectivity index (χ1) is 9.13. The van der Waals surface area contributed by atoms with Crippen molar-refractivity contribution in [1.82, 2.24) is 4.73 Å². The SMILES string of the molecule is C=CCC(O)c1c(C=C)n(OC)c2ccc(C)cc12. The van der Waals surface area contributed by atoms with Crippen LogP contribution in [0.3, 0.4) is 0 Å². The molecule has 2 aromatic rings. The molecule has 1 atom stereocenters. The number of aromatic nitrogens is 1. The molecular weight excluding hydrogens is 238 g/mol. The van der Waals surface area contributed by atoms with Gasteiger partial charge in [0.2, 0.25) is 0 Å². The van der Waals surface area contributed by atoms with E-state index < -0.39 is 6.10 Å². The molecule has 3 heteroatoms. The zero-order chi connectivity index (χ0) is 14.0. The zero-order valence-corrected chi connectivity index (χ0v) is 11.4. The first-order valence-electron chi connectivity index (χ1n) is 6.24. The van der Waals surface area contributed by atoms with E-state index in [4.69, 9.17) is 4.84 Å². The van der Waals surface area contributed by atoms with Gasteiger partial charge in [-0.3, -0.25) is 0 Å². The predicted octanol–water partition coefficient (Wildman–Crippen LogP) is 3.26. The Morgan fingerprint density at radius 2 is 2.16 bits per heavy atom. The van der Waals surface area contributed by atoms with Gasteiger partial charge in [0.1, 0.15) is 7.11 Å². The molecule has 0 amide bonds. The number of aryl methyl sites for hydroxylation is 1.